The molecule has 0 fully saturated rings. The Hall–Kier alpha value is -2.27. The van der Waals surface area contributed by atoms with Crippen molar-refractivity contribution in [2.75, 3.05) is 0 Å². The lowest BCUT2D eigenvalue weighted by Crippen LogP contribution is -1.98. The Balaban J connectivity index is 2.28. The van der Waals surface area contributed by atoms with E-state index in [9.17, 15) is 4.79 Å². The number of aromatic nitrogens is 2. The number of fused-ring (bicyclic) bond motifs is 1. The third-order valence-corrected chi connectivity index (χ3v) is 3.27. The van der Waals surface area contributed by atoms with E-state index in [1.165, 1.54) is 6.20 Å². The van der Waals surface area contributed by atoms with Gasteiger partial charge in [-0.3, -0.25) is 0 Å². The molecule has 2 heterocycles. The molecule has 0 aliphatic heterocycles. The second-order valence-corrected chi connectivity index (χ2v) is 4.60. The minimum Gasteiger partial charge on any atom is -0.477 e. The summed E-state index contributed by atoms with van der Waals surface area (Å²) in [6, 6.07) is 7.30. The zero-order valence-corrected chi connectivity index (χ0v) is 10.7. The molecular formula is C13H9ClN2O3. The van der Waals surface area contributed by atoms with Crippen LogP contribution in [0.5, 0.6) is 0 Å². The van der Waals surface area contributed by atoms with Crippen LogP contribution in [0, 0.1) is 0 Å². The molecule has 0 aliphatic carbocycles. The average Bonchev–Trinajstić information content (AvgIpc) is 2.94. The lowest BCUT2D eigenvalue weighted by molar-refractivity contribution is 0.0697. The van der Waals surface area contributed by atoms with Gasteiger partial charge in [0.25, 0.3) is 0 Å². The van der Waals surface area contributed by atoms with Gasteiger partial charge in [-0.25, -0.2) is 4.79 Å². The van der Waals surface area contributed by atoms with Crippen LogP contribution in [0.25, 0.3) is 22.4 Å². The van der Waals surface area contributed by atoms with Gasteiger partial charge in [-0.1, -0.05) is 16.8 Å². The van der Waals surface area contributed by atoms with Crippen LogP contribution >= 0.6 is 11.6 Å². The number of hydrogen-bond acceptors (Lipinski definition) is 3. The molecule has 19 heavy (non-hydrogen) atoms. The molecule has 0 bridgehead atoms. The molecule has 0 aliphatic rings. The van der Waals surface area contributed by atoms with E-state index in [1.807, 2.05) is 29.8 Å². The largest absolute Gasteiger partial charge is 0.477 e. The summed E-state index contributed by atoms with van der Waals surface area (Å²) in [6.07, 6.45) is 1.20. The summed E-state index contributed by atoms with van der Waals surface area (Å²) in [6.45, 7) is 0. The van der Waals surface area contributed by atoms with Gasteiger partial charge < -0.3 is 14.2 Å². The van der Waals surface area contributed by atoms with Crippen molar-refractivity contribution in [1.29, 1.82) is 0 Å². The first-order chi connectivity index (χ1) is 9.08. The van der Waals surface area contributed by atoms with E-state index >= 15 is 0 Å². The number of hydrogen-bond donors (Lipinski definition) is 1. The van der Waals surface area contributed by atoms with E-state index in [0.29, 0.717) is 10.7 Å². The van der Waals surface area contributed by atoms with Gasteiger partial charge >= 0.3 is 5.97 Å². The minimum absolute atomic E-state index is 0.0389. The normalized spacial score (nSPS) is 11.1. The first-order valence-electron chi connectivity index (χ1n) is 5.51. The van der Waals surface area contributed by atoms with Gasteiger partial charge in [-0.2, -0.15) is 0 Å². The van der Waals surface area contributed by atoms with Crippen LogP contribution in [0.2, 0.25) is 5.02 Å². The molecule has 6 heteroatoms. The Kier molecular flexibility index (Phi) is 2.57. The van der Waals surface area contributed by atoms with Crippen molar-refractivity contribution in [1.82, 2.24) is 9.72 Å². The molecule has 5 nitrogen and oxygen atoms in total. The van der Waals surface area contributed by atoms with Crippen LogP contribution in [0.4, 0.5) is 0 Å². The molecule has 96 valence electrons. The maximum atomic E-state index is 11.1. The predicted molar refractivity (Wildman–Crippen MR) is 70.4 cm³/mol. The van der Waals surface area contributed by atoms with Gasteiger partial charge in [0, 0.05) is 23.0 Å². The smallest absolute Gasteiger partial charge is 0.341 e. The third kappa shape index (κ3) is 1.79. The quantitative estimate of drug-likeness (QED) is 0.780. The summed E-state index contributed by atoms with van der Waals surface area (Å²) in [5.41, 5.74) is 1.62. The topological polar surface area (TPSA) is 68.3 Å². The maximum Gasteiger partial charge on any atom is 0.341 e. The number of aryl methyl sites for hydroxylation is 1. The van der Waals surface area contributed by atoms with Crippen molar-refractivity contribution < 1.29 is 14.4 Å². The summed E-state index contributed by atoms with van der Waals surface area (Å²) in [7, 11) is 1.83. The van der Waals surface area contributed by atoms with Crippen LogP contribution in [0.1, 0.15) is 10.4 Å². The maximum absolute atomic E-state index is 11.1. The highest BCUT2D eigenvalue weighted by Crippen LogP contribution is 2.30. The standard InChI is InChI=1S/C13H9ClN2O3/c1-16-10-3-2-8(14)4-7(10)5-11(16)12-9(13(17)18)6-15-19-12/h2-6H,1H3,(H,17,18). The van der Waals surface area contributed by atoms with Gasteiger partial charge in [0.2, 0.25) is 0 Å². The van der Waals surface area contributed by atoms with E-state index < -0.39 is 5.97 Å². The SMILES string of the molecule is Cn1c(-c2oncc2C(=O)O)cc2cc(Cl)ccc21. The number of nitrogens with zero attached hydrogens (tertiary/aromatic N) is 2. The van der Waals surface area contributed by atoms with E-state index in [0.717, 1.165) is 10.9 Å². The monoisotopic (exact) mass is 276 g/mol. The third-order valence-electron chi connectivity index (χ3n) is 3.04. The number of carboxylic acid groups (broad SMARTS) is 1. The van der Waals surface area contributed by atoms with Crippen molar-refractivity contribution in [3.8, 4) is 11.5 Å². The Morgan fingerprint density at radius 1 is 1.42 bits per heavy atom. The first kappa shape index (κ1) is 11.8. The zero-order valence-electron chi connectivity index (χ0n) is 9.92. The van der Waals surface area contributed by atoms with E-state index in [4.69, 9.17) is 21.2 Å². The summed E-state index contributed by atoms with van der Waals surface area (Å²) in [5.74, 6) is -0.832. The van der Waals surface area contributed by atoms with Crippen molar-refractivity contribution in [2.45, 2.75) is 0 Å². The van der Waals surface area contributed by atoms with E-state index in [-0.39, 0.29) is 11.3 Å². The Bertz CT molecular complexity index is 788. The summed E-state index contributed by atoms with van der Waals surface area (Å²) < 4.78 is 6.91. The number of halogens is 1. The first-order valence-corrected chi connectivity index (χ1v) is 5.89. The number of aromatic carboxylic acids is 1. The van der Waals surface area contributed by atoms with Crippen LogP contribution in [0.15, 0.2) is 35.0 Å². The molecule has 0 atom stereocenters. The molecule has 1 aromatic carbocycles. The molecule has 0 saturated heterocycles. The van der Waals surface area contributed by atoms with Gasteiger partial charge in [0.1, 0.15) is 5.56 Å². The van der Waals surface area contributed by atoms with Crippen LogP contribution < -0.4 is 0 Å². The Morgan fingerprint density at radius 2 is 2.21 bits per heavy atom. The molecular weight excluding hydrogens is 268 g/mol. The summed E-state index contributed by atoms with van der Waals surface area (Å²) in [4.78, 5) is 11.1. The second kappa shape index (κ2) is 4.13. The lowest BCUT2D eigenvalue weighted by Gasteiger charge is -2.01. The molecule has 0 saturated carbocycles. The zero-order chi connectivity index (χ0) is 13.6. The van der Waals surface area contributed by atoms with Crippen LogP contribution in [-0.4, -0.2) is 20.8 Å². The molecule has 0 amide bonds. The number of carboxylic acids is 1. The molecule has 3 rings (SSSR count). The summed E-state index contributed by atoms with van der Waals surface area (Å²) in [5, 5.41) is 14.2. The molecule has 2 aromatic heterocycles. The highest BCUT2D eigenvalue weighted by molar-refractivity contribution is 6.31. The van der Waals surface area contributed by atoms with Gasteiger partial charge in [-0.05, 0) is 24.3 Å². The molecule has 0 spiro atoms. The number of benzene rings is 1. The number of rotatable bonds is 2. The van der Waals surface area contributed by atoms with Crippen molar-refractivity contribution in [3.05, 3.63) is 41.0 Å². The number of carbonyl (C=O) groups is 1. The van der Waals surface area contributed by atoms with Crippen molar-refractivity contribution >= 4 is 28.5 Å². The Morgan fingerprint density at radius 3 is 2.95 bits per heavy atom. The van der Waals surface area contributed by atoms with Crippen LogP contribution in [-0.2, 0) is 7.05 Å². The molecule has 1 N–H and O–H groups in total. The molecule has 0 unspecified atom stereocenters. The van der Waals surface area contributed by atoms with Crippen LogP contribution in [0.3, 0.4) is 0 Å². The predicted octanol–water partition coefficient (Wildman–Crippen LogP) is 3.18. The minimum atomic E-state index is -1.07. The lowest BCUT2D eigenvalue weighted by atomic mass is 10.2. The molecule has 0 radical (unpaired) electrons. The second-order valence-electron chi connectivity index (χ2n) is 4.17. The fourth-order valence-corrected chi connectivity index (χ4v) is 2.30. The average molecular weight is 277 g/mol. The van der Waals surface area contributed by atoms with E-state index in [1.54, 1.807) is 6.07 Å². The van der Waals surface area contributed by atoms with E-state index in [2.05, 4.69) is 5.16 Å². The van der Waals surface area contributed by atoms with Gasteiger partial charge in [-0.15, -0.1) is 0 Å². The fraction of sp³-hybridized carbons (Fsp3) is 0.0769. The van der Waals surface area contributed by atoms with Gasteiger partial charge in [0.15, 0.2) is 5.76 Å². The Labute approximate surface area is 113 Å². The highest BCUT2D eigenvalue weighted by Gasteiger charge is 2.20. The fourth-order valence-electron chi connectivity index (χ4n) is 2.11. The van der Waals surface area contributed by atoms with Crippen molar-refractivity contribution in [2.24, 2.45) is 7.05 Å². The van der Waals surface area contributed by atoms with Gasteiger partial charge in [0.05, 0.1) is 11.9 Å². The molecule has 3 aromatic rings. The van der Waals surface area contributed by atoms with Crippen molar-refractivity contribution in [3.63, 3.8) is 0 Å². The highest BCUT2D eigenvalue weighted by atomic mass is 35.5. The summed E-state index contributed by atoms with van der Waals surface area (Å²) >= 11 is 5.95.